The Morgan fingerprint density at radius 3 is 2.66 bits per heavy atom. The number of carbonyl (C=O) groups is 3. The van der Waals surface area contributed by atoms with Crippen molar-refractivity contribution in [1.29, 1.82) is 0 Å². The van der Waals surface area contributed by atoms with Crippen LogP contribution in [-0.2, 0) is 9.59 Å². The highest BCUT2D eigenvalue weighted by Crippen LogP contribution is 2.32. The number of nitrogens with zero attached hydrogens (tertiary/aromatic N) is 1. The number of ether oxygens (including phenoxy) is 1. The second-order valence-corrected chi connectivity index (χ2v) is 7.98. The molecule has 0 bridgehead atoms. The molecule has 2 saturated heterocycles. The normalized spacial score (nSPS) is 24.2. The number of piperidine rings is 1. The molecule has 2 unspecified atom stereocenters. The van der Waals surface area contributed by atoms with Gasteiger partial charge in [-0.05, 0) is 57.4 Å². The third kappa shape index (κ3) is 4.73. The molecule has 0 aromatic heterocycles. The summed E-state index contributed by atoms with van der Waals surface area (Å²) < 4.78 is 5.55. The van der Waals surface area contributed by atoms with Crippen LogP contribution in [0, 0.1) is 5.92 Å². The second kappa shape index (κ2) is 9.13. The fourth-order valence-electron chi connectivity index (χ4n) is 4.26. The first-order valence-corrected chi connectivity index (χ1v) is 10.2. The predicted octanol–water partition coefficient (Wildman–Crippen LogP) is 2.39. The summed E-state index contributed by atoms with van der Waals surface area (Å²) >= 11 is 0. The van der Waals surface area contributed by atoms with E-state index in [0.717, 1.165) is 19.4 Å². The number of likely N-dealkylation sites (tertiary alicyclic amines) is 1. The molecule has 0 saturated carbocycles. The minimum Gasteiger partial charge on any atom is -0.479 e. The van der Waals surface area contributed by atoms with E-state index in [-0.39, 0.29) is 35.9 Å². The second-order valence-electron chi connectivity index (χ2n) is 7.98. The van der Waals surface area contributed by atoms with Crippen molar-refractivity contribution in [2.45, 2.75) is 51.2 Å². The molecule has 1 aromatic rings. The summed E-state index contributed by atoms with van der Waals surface area (Å²) in [6, 6.07) is 5.51. The Labute approximate surface area is 176 Å². The number of benzene rings is 1. The van der Waals surface area contributed by atoms with Crippen LogP contribution in [0.3, 0.4) is 0 Å². The molecule has 2 N–H and O–H groups in total. The number of fused-ring (bicyclic) bond motifs is 1. The van der Waals surface area contributed by atoms with E-state index in [0.29, 0.717) is 55.4 Å². The zero-order valence-corrected chi connectivity index (χ0v) is 17.4. The van der Waals surface area contributed by atoms with E-state index in [2.05, 4.69) is 10.6 Å². The van der Waals surface area contributed by atoms with Crippen LogP contribution in [0.15, 0.2) is 18.2 Å². The molecule has 2 fully saturated rings. The van der Waals surface area contributed by atoms with Crippen molar-refractivity contribution in [2.24, 2.45) is 5.92 Å². The van der Waals surface area contributed by atoms with Gasteiger partial charge in [0.2, 0.25) is 5.91 Å². The minimum absolute atomic E-state index is 0. The molecule has 0 spiro atoms. The van der Waals surface area contributed by atoms with Gasteiger partial charge >= 0.3 is 0 Å². The molecule has 3 heterocycles. The number of Topliss-reactive ketones (excluding diaryl/α,β-unsaturated/α-hetero) is 1. The number of hydrogen-bond acceptors (Lipinski definition) is 5. The van der Waals surface area contributed by atoms with Crippen molar-refractivity contribution in [3.8, 4) is 5.75 Å². The molecule has 3 aliphatic heterocycles. The van der Waals surface area contributed by atoms with Crippen LogP contribution in [0.2, 0.25) is 0 Å². The summed E-state index contributed by atoms with van der Waals surface area (Å²) in [7, 11) is 0. The summed E-state index contributed by atoms with van der Waals surface area (Å²) in [5.41, 5.74) is 1.13. The highest BCUT2D eigenvalue weighted by Gasteiger charge is 2.30. The predicted molar refractivity (Wildman–Crippen MR) is 112 cm³/mol. The zero-order valence-electron chi connectivity index (χ0n) is 16.6. The molecule has 0 radical (unpaired) electrons. The average molecular weight is 422 g/mol. The van der Waals surface area contributed by atoms with E-state index in [9.17, 15) is 14.4 Å². The van der Waals surface area contributed by atoms with Crippen LogP contribution in [0.1, 0.15) is 49.4 Å². The van der Waals surface area contributed by atoms with Crippen molar-refractivity contribution in [3.63, 3.8) is 0 Å². The molecule has 3 aliphatic rings. The van der Waals surface area contributed by atoms with Crippen LogP contribution < -0.4 is 15.4 Å². The number of anilines is 1. The fourth-order valence-corrected chi connectivity index (χ4v) is 4.26. The summed E-state index contributed by atoms with van der Waals surface area (Å²) in [5.74, 6) is 0.546. The third-order valence-corrected chi connectivity index (χ3v) is 6.00. The summed E-state index contributed by atoms with van der Waals surface area (Å²) in [5, 5.41) is 6.15. The highest BCUT2D eigenvalue weighted by molar-refractivity contribution is 6.02. The largest absolute Gasteiger partial charge is 0.479 e. The van der Waals surface area contributed by atoms with E-state index >= 15 is 0 Å². The standard InChI is InChI=1S/C21H27N3O4.ClH/c1-13-21(27)23-17-11-15(4-5-18(17)28-13)20(26)14-6-9-24(10-7-14)19(25)12-16-3-2-8-22-16;/h4-5,11,13-14,16,22H,2-3,6-10,12H2,1H3,(H,23,27);1H. The number of nitrogens with one attached hydrogen (secondary N) is 2. The molecule has 0 aliphatic carbocycles. The van der Waals surface area contributed by atoms with Gasteiger partial charge in [-0.2, -0.15) is 0 Å². The number of ketones is 1. The Bertz CT molecular complexity index is 786. The Hall–Kier alpha value is -2.12. The number of carbonyl (C=O) groups excluding carboxylic acids is 3. The van der Waals surface area contributed by atoms with E-state index in [1.807, 2.05) is 4.90 Å². The van der Waals surface area contributed by atoms with Gasteiger partial charge in [0.05, 0.1) is 5.69 Å². The van der Waals surface area contributed by atoms with Crippen molar-refractivity contribution >= 4 is 35.7 Å². The van der Waals surface area contributed by atoms with Gasteiger partial charge < -0.3 is 20.3 Å². The van der Waals surface area contributed by atoms with Gasteiger partial charge in [0.1, 0.15) is 5.75 Å². The molecule has 29 heavy (non-hydrogen) atoms. The Morgan fingerprint density at radius 1 is 1.21 bits per heavy atom. The highest BCUT2D eigenvalue weighted by atomic mass is 35.5. The molecule has 1 aromatic carbocycles. The van der Waals surface area contributed by atoms with E-state index in [1.165, 1.54) is 0 Å². The molecule has 4 rings (SSSR count). The fraction of sp³-hybridized carbons (Fsp3) is 0.571. The summed E-state index contributed by atoms with van der Waals surface area (Å²) in [6.45, 7) is 3.95. The lowest BCUT2D eigenvalue weighted by atomic mass is 9.88. The topological polar surface area (TPSA) is 87.7 Å². The van der Waals surface area contributed by atoms with Crippen molar-refractivity contribution in [3.05, 3.63) is 23.8 Å². The Balaban J connectivity index is 0.00000240. The van der Waals surface area contributed by atoms with Crippen LogP contribution in [0.5, 0.6) is 5.75 Å². The quantitative estimate of drug-likeness (QED) is 0.729. The van der Waals surface area contributed by atoms with Gasteiger partial charge in [-0.3, -0.25) is 14.4 Å². The third-order valence-electron chi connectivity index (χ3n) is 6.00. The first-order valence-electron chi connectivity index (χ1n) is 10.2. The maximum absolute atomic E-state index is 12.9. The Morgan fingerprint density at radius 2 is 1.97 bits per heavy atom. The van der Waals surface area contributed by atoms with Gasteiger partial charge in [-0.15, -0.1) is 12.4 Å². The SMILES string of the molecule is CC1Oc2ccc(C(=O)C3CCN(C(=O)CC4CCCN4)CC3)cc2NC1=O.Cl. The molecule has 2 amide bonds. The molecule has 8 heteroatoms. The van der Waals surface area contributed by atoms with E-state index in [4.69, 9.17) is 4.74 Å². The molecular formula is C21H28ClN3O4. The monoisotopic (exact) mass is 421 g/mol. The zero-order chi connectivity index (χ0) is 19.7. The van der Waals surface area contributed by atoms with Gasteiger partial charge in [-0.1, -0.05) is 0 Å². The molecule has 158 valence electrons. The molecular weight excluding hydrogens is 394 g/mol. The summed E-state index contributed by atoms with van der Waals surface area (Å²) in [4.78, 5) is 39.1. The van der Waals surface area contributed by atoms with Crippen LogP contribution >= 0.6 is 12.4 Å². The van der Waals surface area contributed by atoms with Gasteiger partial charge in [0, 0.05) is 37.0 Å². The van der Waals surface area contributed by atoms with Gasteiger partial charge in [0.25, 0.3) is 5.91 Å². The maximum Gasteiger partial charge on any atom is 0.265 e. The number of rotatable bonds is 4. The van der Waals surface area contributed by atoms with Crippen molar-refractivity contribution < 1.29 is 19.1 Å². The lowest BCUT2D eigenvalue weighted by molar-refractivity contribution is -0.132. The van der Waals surface area contributed by atoms with Crippen LogP contribution in [0.4, 0.5) is 5.69 Å². The lowest BCUT2D eigenvalue weighted by Gasteiger charge is -2.32. The van der Waals surface area contributed by atoms with Crippen LogP contribution in [0.25, 0.3) is 0 Å². The van der Waals surface area contributed by atoms with Gasteiger partial charge in [-0.25, -0.2) is 0 Å². The lowest BCUT2D eigenvalue weighted by Crippen LogP contribution is -2.42. The van der Waals surface area contributed by atoms with Crippen LogP contribution in [-0.4, -0.2) is 54.3 Å². The first kappa shape index (κ1) is 21.6. The first-order chi connectivity index (χ1) is 13.5. The number of halogens is 1. The maximum atomic E-state index is 12.9. The number of hydrogen-bond donors (Lipinski definition) is 2. The average Bonchev–Trinajstić information content (AvgIpc) is 3.21. The van der Waals surface area contributed by atoms with E-state index < -0.39 is 6.10 Å². The van der Waals surface area contributed by atoms with Crippen molar-refractivity contribution in [2.75, 3.05) is 25.0 Å². The minimum atomic E-state index is -0.532. The number of amides is 2. The molecule has 7 nitrogen and oxygen atoms in total. The van der Waals surface area contributed by atoms with Gasteiger partial charge in [0.15, 0.2) is 11.9 Å². The summed E-state index contributed by atoms with van der Waals surface area (Å²) in [6.07, 6.45) is 3.59. The Kier molecular flexibility index (Phi) is 6.80. The smallest absolute Gasteiger partial charge is 0.265 e. The van der Waals surface area contributed by atoms with E-state index in [1.54, 1.807) is 25.1 Å². The molecule has 2 atom stereocenters. The van der Waals surface area contributed by atoms with Crippen molar-refractivity contribution in [1.82, 2.24) is 10.2 Å².